The minimum atomic E-state index is -2.99. The van der Waals surface area contributed by atoms with Gasteiger partial charge in [0.25, 0.3) is 0 Å². The lowest BCUT2D eigenvalue weighted by Gasteiger charge is -2.15. The molecule has 0 aromatic heterocycles. The zero-order valence-electron chi connectivity index (χ0n) is 8.07. The number of rotatable bonds is 4. The Morgan fingerprint density at radius 1 is 1.38 bits per heavy atom. The van der Waals surface area contributed by atoms with Crippen LogP contribution in [0.1, 0.15) is 5.56 Å². The van der Waals surface area contributed by atoms with Gasteiger partial charge in [0.1, 0.15) is 0 Å². The second-order valence-electron chi connectivity index (χ2n) is 2.69. The largest absolute Gasteiger partial charge is 0.493 e. The molecule has 0 aliphatic rings. The summed E-state index contributed by atoms with van der Waals surface area (Å²) < 4.78 is 33.5. The fourth-order valence-electron chi connectivity index (χ4n) is 1.13. The van der Waals surface area contributed by atoms with E-state index in [2.05, 4.69) is 4.74 Å². The second kappa shape index (κ2) is 5.75. The van der Waals surface area contributed by atoms with Gasteiger partial charge < -0.3 is 9.47 Å². The number of alkyl halides is 3. The molecule has 0 bridgehead atoms. The first-order chi connectivity index (χ1) is 7.51. The molecule has 0 spiro atoms. The molecule has 0 heterocycles. The summed E-state index contributed by atoms with van der Waals surface area (Å²) in [5, 5.41) is 0.240. The van der Waals surface area contributed by atoms with Crippen molar-refractivity contribution in [3.05, 3.63) is 21.7 Å². The Bertz CT molecular complexity index is 386. The maximum absolute atomic E-state index is 12.2. The number of halogens is 5. The summed E-state index contributed by atoms with van der Waals surface area (Å²) in [6.45, 7) is -2.99. The smallest absolute Gasteiger partial charge is 0.387 e. The summed E-state index contributed by atoms with van der Waals surface area (Å²) in [5.41, 5.74) is 0.174. The van der Waals surface area contributed by atoms with Gasteiger partial charge in [-0.15, -0.1) is 11.6 Å². The molecule has 0 N–H and O–H groups in total. The molecule has 90 valence electrons. The maximum Gasteiger partial charge on any atom is 0.387 e. The van der Waals surface area contributed by atoms with Crippen molar-refractivity contribution < 1.29 is 18.3 Å². The maximum atomic E-state index is 12.2. The first-order valence-corrected chi connectivity index (χ1v) is 5.36. The van der Waals surface area contributed by atoms with Crippen molar-refractivity contribution in [1.82, 2.24) is 0 Å². The van der Waals surface area contributed by atoms with Gasteiger partial charge in [0.2, 0.25) is 0 Å². The number of benzene rings is 1. The van der Waals surface area contributed by atoms with Gasteiger partial charge in [0.15, 0.2) is 11.5 Å². The SMILES string of the molecule is COc1cc(Cl)c(Cl)c(CCl)c1OC(F)F. The molecule has 0 aliphatic heterocycles. The predicted molar refractivity (Wildman–Crippen MR) is 59.2 cm³/mol. The van der Waals surface area contributed by atoms with E-state index in [1.54, 1.807) is 0 Å². The molecule has 1 aromatic rings. The first kappa shape index (κ1) is 13.6. The molecular weight excluding hydrogens is 284 g/mol. The van der Waals surface area contributed by atoms with Crippen LogP contribution in [-0.2, 0) is 5.88 Å². The van der Waals surface area contributed by atoms with E-state index in [9.17, 15) is 8.78 Å². The highest BCUT2D eigenvalue weighted by molar-refractivity contribution is 6.43. The van der Waals surface area contributed by atoms with Crippen LogP contribution < -0.4 is 9.47 Å². The molecule has 0 aliphatic carbocycles. The normalized spacial score (nSPS) is 10.7. The Morgan fingerprint density at radius 3 is 2.44 bits per heavy atom. The van der Waals surface area contributed by atoms with Crippen molar-refractivity contribution in [2.75, 3.05) is 7.11 Å². The Morgan fingerprint density at radius 2 is 2.00 bits per heavy atom. The summed E-state index contributed by atoms with van der Waals surface area (Å²) in [5.74, 6) is -0.245. The van der Waals surface area contributed by atoms with Crippen LogP contribution in [0, 0.1) is 0 Å². The molecule has 1 rings (SSSR count). The van der Waals surface area contributed by atoms with Crippen LogP contribution in [0.5, 0.6) is 11.5 Å². The molecule has 0 radical (unpaired) electrons. The third-order valence-electron chi connectivity index (χ3n) is 1.79. The van der Waals surface area contributed by atoms with Gasteiger partial charge in [0, 0.05) is 11.6 Å². The fraction of sp³-hybridized carbons (Fsp3) is 0.333. The Balaban J connectivity index is 3.34. The van der Waals surface area contributed by atoms with Gasteiger partial charge in [-0.25, -0.2) is 0 Å². The Hall–Kier alpha value is -0.450. The summed E-state index contributed by atoms with van der Waals surface area (Å²) in [4.78, 5) is 0. The van der Waals surface area contributed by atoms with E-state index in [1.165, 1.54) is 13.2 Å². The van der Waals surface area contributed by atoms with Crippen molar-refractivity contribution in [1.29, 1.82) is 0 Å². The van der Waals surface area contributed by atoms with Gasteiger partial charge in [0.05, 0.1) is 23.0 Å². The topological polar surface area (TPSA) is 18.5 Å². The molecule has 0 unspecified atom stereocenters. The number of hydrogen-bond acceptors (Lipinski definition) is 2. The molecule has 0 saturated heterocycles. The average Bonchev–Trinajstić information content (AvgIpc) is 2.23. The molecule has 0 saturated carbocycles. The van der Waals surface area contributed by atoms with E-state index in [1.807, 2.05) is 0 Å². The molecule has 0 atom stereocenters. The lowest BCUT2D eigenvalue weighted by Crippen LogP contribution is -2.06. The Kier molecular flexibility index (Phi) is 4.89. The van der Waals surface area contributed by atoms with Crippen molar-refractivity contribution >= 4 is 34.8 Å². The zero-order valence-corrected chi connectivity index (χ0v) is 10.3. The minimum Gasteiger partial charge on any atom is -0.493 e. The third-order valence-corrected chi connectivity index (χ3v) is 2.88. The van der Waals surface area contributed by atoms with Crippen LogP contribution in [0.15, 0.2) is 6.07 Å². The van der Waals surface area contributed by atoms with Gasteiger partial charge in [-0.3, -0.25) is 0 Å². The molecule has 0 amide bonds. The van der Waals surface area contributed by atoms with Crippen LogP contribution in [-0.4, -0.2) is 13.7 Å². The van der Waals surface area contributed by atoms with Crippen molar-refractivity contribution in [3.63, 3.8) is 0 Å². The van der Waals surface area contributed by atoms with E-state index >= 15 is 0 Å². The van der Waals surface area contributed by atoms with Gasteiger partial charge >= 0.3 is 6.61 Å². The average molecular weight is 292 g/mol. The van der Waals surface area contributed by atoms with E-state index in [0.717, 1.165) is 0 Å². The molecular formula is C9H7Cl3F2O2. The molecule has 7 heteroatoms. The number of ether oxygens (including phenoxy) is 2. The van der Waals surface area contributed by atoms with Crippen LogP contribution in [0.2, 0.25) is 10.0 Å². The minimum absolute atomic E-state index is 0.0605. The van der Waals surface area contributed by atoms with Gasteiger partial charge in [-0.2, -0.15) is 8.78 Å². The monoisotopic (exact) mass is 290 g/mol. The fourth-order valence-corrected chi connectivity index (χ4v) is 1.87. The summed E-state index contributed by atoms with van der Waals surface area (Å²) in [6.07, 6.45) is 0. The molecule has 16 heavy (non-hydrogen) atoms. The highest BCUT2D eigenvalue weighted by atomic mass is 35.5. The van der Waals surface area contributed by atoms with Crippen LogP contribution in [0.4, 0.5) is 8.78 Å². The highest BCUT2D eigenvalue weighted by Gasteiger charge is 2.20. The second-order valence-corrected chi connectivity index (χ2v) is 3.75. The first-order valence-electron chi connectivity index (χ1n) is 4.06. The predicted octanol–water partition coefficient (Wildman–Crippen LogP) is 4.34. The van der Waals surface area contributed by atoms with Crippen molar-refractivity contribution in [3.8, 4) is 11.5 Å². The molecule has 0 fully saturated rings. The van der Waals surface area contributed by atoms with E-state index in [-0.39, 0.29) is 33.0 Å². The standard InChI is InChI=1S/C9H7Cl3F2O2/c1-15-6-2-5(11)7(12)4(3-10)8(6)16-9(13)14/h2,9H,3H2,1H3. The number of methoxy groups -OCH3 is 1. The van der Waals surface area contributed by atoms with Crippen LogP contribution in [0.25, 0.3) is 0 Å². The van der Waals surface area contributed by atoms with E-state index in [4.69, 9.17) is 39.5 Å². The molecule has 2 nitrogen and oxygen atoms in total. The lowest BCUT2D eigenvalue weighted by atomic mass is 10.2. The summed E-state index contributed by atoms with van der Waals surface area (Å²) >= 11 is 17.2. The number of hydrogen-bond donors (Lipinski definition) is 0. The quantitative estimate of drug-likeness (QED) is 0.768. The van der Waals surface area contributed by atoms with E-state index in [0.29, 0.717) is 0 Å². The lowest BCUT2D eigenvalue weighted by molar-refractivity contribution is -0.0517. The van der Waals surface area contributed by atoms with Gasteiger partial charge in [-0.05, 0) is 0 Å². The zero-order chi connectivity index (χ0) is 12.3. The van der Waals surface area contributed by atoms with Crippen LogP contribution in [0.3, 0.4) is 0 Å². The van der Waals surface area contributed by atoms with Crippen molar-refractivity contribution in [2.45, 2.75) is 12.5 Å². The third kappa shape index (κ3) is 2.81. The summed E-state index contributed by atoms with van der Waals surface area (Å²) in [7, 11) is 1.30. The van der Waals surface area contributed by atoms with E-state index < -0.39 is 6.61 Å². The Labute approximate surface area is 106 Å². The highest BCUT2D eigenvalue weighted by Crippen LogP contribution is 2.42. The van der Waals surface area contributed by atoms with Crippen molar-refractivity contribution in [2.24, 2.45) is 0 Å². The van der Waals surface area contributed by atoms with Crippen LogP contribution >= 0.6 is 34.8 Å². The van der Waals surface area contributed by atoms with Gasteiger partial charge in [-0.1, -0.05) is 23.2 Å². The summed E-state index contributed by atoms with van der Waals surface area (Å²) in [6, 6.07) is 1.29. The molecule has 1 aromatic carbocycles.